The maximum atomic E-state index is 10.6. The molecule has 2 N–H and O–H groups in total. The van der Waals surface area contributed by atoms with Gasteiger partial charge >= 0.3 is 0 Å². The maximum absolute atomic E-state index is 10.6. The van der Waals surface area contributed by atoms with Crippen molar-refractivity contribution in [1.29, 1.82) is 0 Å². The highest BCUT2D eigenvalue weighted by atomic mass is 16.2. The van der Waals surface area contributed by atoms with Crippen LogP contribution in [0, 0.1) is 13.8 Å². The molecule has 116 valence electrons. The lowest BCUT2D eigenvalue weighted by Gasteiger charge is -1.99. The van der Waals surface area contributed by atoms with E-state index in [1.807, 2.05) is 38.1 Å². The van der Waals surface area contributed by atoms with Crippen molar-refractivity contribution in [3.8, 4) is 0 Å². The van der Waals surface area contributed by atoms with Crippen molar-refractivity contribution >= 4 is 23.5 Å². The SMILES string of the molecule is CC(=O)Nc1cc(C)ccn1.CC(=O)Nc1cc(C)ccn1. The average Bonchev–Trinajstić information content (AvgIpc) is 2.37. The number of pyridine rings is 2. The van der Waals surface area contributed by atoms with Gasteiger partial charge in [0.25, 0.3) is 0 Å². The number of nitrogens with one attached hydrogen (secondary N) is 2. The van der Waals surface area contributed by atoms with Gasteiger partial charge in [-0.15, -0.1) is 0 Å². The highest BCUT2D eigenvalue weighted by Gasteiger charge is 1.95. The lowest BCUT2D eigenvalue weighted by Crippen LogP contribution is -2.07. The van der Waals surface area contributed by atoms with Crippen molar-refractivity contribution in [1.82, 2.24) is 9.97 Å². The van der Waals surface area contributed by atoms with Crippen LogP contribution in [0.1, 0.15) is 25.0 Å². The van der Waals surface area contributed by atoms with Gasteiger partial charge in [-0.2, -0.15) is 0 Å². The van der Waals surface area contributed by atoms with Gasteiger partial charge in [0.05, 0.1) is 0 Å². The molecule has 2 aromatic rings. The van der Waals surface area contributed by atoms with Crippen molar-refractivity contribution in [3.63, 3.8) is 0 Å². The van der Waals surface area contributed by atoms with E-state index in [2.05, 4.69) is 20.6 Å². The molecule has 0 unspecified atom stereocenters. The molecule has 0 saturated carbocycles. The van der Waals surface area contributed by atoms with Crippen molar-refractivity contribution in [2.75, 3.05) is 10.6 Å². The predicted molar refractivity (Wildman–Crippen MR) is 86.6 cm³/mol. The minimum atomic E-state index is -0.0944. The van der Waals surface area contributed by atoms with Crippen LogP contribution in [0.3, 0.4) is 0 Å². The first-order valence-corrected chi connectivity index (χ1v) is 6.77. The standard InChI is InChI=1S/2C8H10N2O/c2*1-6-3-4-9-8(5-6)10-7(2)11/h2*3-5H,1-2H3,(H,9,10,11). The smallest absolute Gasteiger partial charge is 0.222 e. The van der Waals surface area contributed by atoms with Gasteiger partial charge in [0.15, 0.2) is 0 Å². The molecule has 6 heteroatoms. The summed E-state index contributed by atoms with van der Waals surface area (Å²) in [7, 11) is 0. The van der Waals surface area contributed by atoms with E-state index in [4.69, 9.17) is 0 Å². The zero-order chi connectivity index (χ0) is 16.5. The van der Waals surface area contributed by atoms with Gasteiger partial charge in [-0.1, -0.05) is 0 Å². The van der Waals surface area contributed by atoms with E-state index in [0.717, 1.165) is 11.1 Å². The number of nitrogens with zero attached hydrogens (tertiary/aromatic N) is 2. The van der Waals surface area contributed by atoms with Crippen LogP contribution < -0.4 is 10.6 Å². The summed E-state index contributed by atoms with van der Waals surface area (Å²) in [5, 5.41) is 5.19. The second-order valence-corrected chi connectivity index (χ2v) is 4.80. The third-order valence-electron chi connectivity index (χ3n) is 2.44. The summed E-state index contributed by atoms with van der Waals surface area (Å²) >= 11 is 0. The van der Waals surface area contributed by atoms with Crippen LogP contribution in [0.25, 0.3) is 0 Å². The van der Waals surface area contributed by atoms with Crippen molar-refractivity contribution in [2.45, 2.75) is 27.7 Å². The molecule has 0 atom stereocenters. The zero-order valence-corrected chi connectivity index (χ0v) is 13.2. The lowest BCUT2D eigenvalue weighted by molar-refractivity contribution is -0.115. The molecule has 0 fully saturated rings. The summed E-state index contributed by atoms with van der Waals surface area (Å²) in [6, 6.07) is 7.40. The summed E-state index contributed by atoms with van der Waals surface area (Å²) in [5.41, 5.74) is 2.17. The van der Waals surface area contributed by atoms with Crippen molar-refractivity contribution < 1.29 is 9.59 Å². The molecule has 0 bridgehead atoms. The summed E-state index contributed by atoms with van der Waals surface area (Å²) in [6.45, 7) is 6.83. The van der Waals surface area contributed by atoms with E-state index < -0.39 is 0 Å². The molecule has 0 aliphatic rings. The Balaban J connectivity index is 0.000000220. The number of amides is 2. The van der Waals surface area contributed by atoms with Crippen LogP contribution in [-0.4, -0.2) is 21.8 Å². The molecule has 0 aromatic carbocycles. The molecule has 22 heavy (non-hydrogen) atoms. The Bertz CT molecular complexity index is 599. The van der Waals surface area contributed by atoms with E-state index >= 15 is 0 Å². The van der Waals surface area contributed by atoms with E-state index in [9.17, 15) is 9.59 Å². The number of rotatable bonds is 2. The molecule has 2 rings (SSSR count). The van der Waals surface area contributed by atoms with Crippen LogP contribution in [0.2, 0.25) is 0 Å². The topological polar surface area (TPSA) is 84.0 Å². The molecule has 0 saturated heterocycles. The molecule has 0 aliphatic carbocycles. The zero-order valence-electron chi connectivity index (χ0n) is 13.2. The fourth-order valence-electron chi connectivity index (χ4n) is 1.57. The fraction of sp³-hybridized carbons (Fsp3) is 0.250. The van der Waals surface area contributed by atoms with Crippen LogP contribution in [0.4, 0.5) is 11.6 Å². The van der Waals surface area contributed by atoms with Crippen LogP contribution in [0.5, 0.6) is 0 Å². The van der Waals surface area contributed by atoms with Gasteiger partial charge in [-0.25, -0.2) is 9.97 Å². The molecule has 6 nitrogen and oxygen atoms in total. The number of anilines is 2. The summed E-state index contributed by atoms with van der Waals surface area (Å²) in [5.74, 6) is 1.03. The Morgan fingerprint density at radius 1 is 0.818 bits per heavy atom. The monoisotopic (exact) mass is 300 g/mol. The second kappa shape index (κ2) is 8.51. The van der Waals surface area contributed by atoms with E-state index in [-0.39, 0.29) is 11.8 Å². The predicted octanol–water partition coefficient (Wildman–Crippen LogP) is 2.70. The molecule has 2 aromatic heterocycles. The van der Waals surface area contributed by atoms with Gasteiger partial charge in [0.1, 0.15) is 11.6 Å². The number of carbonyl (C=O) groups is 2. The third kappa shape index (κ3) is 7.14. The highest BCUT2D eigenvalue weighted by molar-refractivity contribution is 5.88. The fourth-order valence-corrected chi connectivity index (χ4v) is 1.57. The minimum Gasteiger partial charge on any atom is -0.311 e. The van der Waals surface area contributed by atoms with Gasteiger partial charge in [0.2, 0.25) is 11.8 Å². The molecular weight excluding hydrogens is 280 g/mol. The van der Waals surface area contributed by atoms with Gasteiger partial charge in [-0.05, 0) is 49.2 Å². The summed E-state index contributed by atoms with van der Waals surface area (Å²) < 4.78 is 0. The van der Waals surface area contributed by atoms with E-state index in [0.29, 0.717) is 11.6 Å². The van der Waals surface area contributed by atoms with Gasteiger partial charge < -0.3 is 10.6 Å². The average molecular weight is 300 g/mol. The third-order valence-corrected chi connectivity index (χ3v) is 2.44. The minimum absolute atomic E-state index is 0.0944. The Morgan fingerprint density at radius 2 is 1.18 bits per heavy atom. The second-order valence-electron chi connectivity index (χ2n) is 4.80. The first-order valence-electron chi connectivity index (χ1n) is 6.77. The normalized spacial score (nSPS) is 9.27. The first-order chi connectivity index (χ1) is 10.4. The van der Waals surface area contributed by atoms with Gasteiger partial charge in [0, 0.05) is 26.2 Å². The molecular formula is C16H20N4O2. The number of hydrogen-bond acceptors (Lipinski definition) is 4. The van der Waals surface area contributed by atoms with Crippen LogP contribution in [-0.2, 0) is 9.59 Å². The first kappa shape index (κ1) is 17.3. The van der Waals surface area contributed by atoms with Crippen molar-refractivity contribution in [2.24, 2.45) is 0 Å². The van der Waals surface area contributed by atoms with Crippen LogP contribution in [0.15, 0.2) is 36.7 Å². The molecule has 2 amide bonds. The number of carbonyl (C=O) groups excluding carboxylic acids is 2. The van der Waals surface area contributed by atoms with E-state index in [1.165, 1.54) is 13.8 Å². The quantitative estimate of drug-likeness (QED) is 0.893. The summed E-state index contributed by atoms with van der Waals surface area (Å²) in [6.07, 6.45) is 3.33. The van der Waals surface area contributed by atoms with Crippen LogP contribution >= 0.6 is 0 Å². The Labute approximate surface area is 130 Å². The Morgan fingerprint density at radius 3 is 1.45 bits per heavy atom. The number of aromatic nitrogens is 2. The maximum Gasteiger partial charge on any atom is 0.222 e. The molecule has 2 heterocycles. The molecule has 0 radical (unpaired) electrons. The highest BCUT2D eigenvalue weighted by Crippen LogP contribution is 2.04. The van der Waals surface area contributed by atoms with Crippen molar-refractivity contribution in [3.05, 3.63) is 47.8 Å². The number of hydrogen-bond donors (Lipinski definition) is 2. The molecule has 0 aliphatic heterocycles. The molecule has 0 spiro atoms. The largest absolute Gasteiger partial charge is 0.311 e. The van der Waals surface area contributed by atoms with Gasteiger partial charge in [-0.3, -0.25) is 9.59 Å². The Hall–Kier alpha value is -2.76. The lowest BCUT2D eigenvalue weighted by atomic mass is 10.3. The summed E-state index contributed by atoms with van der Waals surface area (Å²) in [4.78, 5) is 29.0. The Kier molecular flexibility index (Phi) is 6.69. The van der Waals surface area contributed by atoms with E-state index in [1.54, 1.807) is 12.4 Å². The number of aryl methyl sites for hydroxylation is 2.